The number of hydrogen-bond donors (Lipinski definition) is 8. The van der Waals surface area contributed by atoms with Crippen LogP contribution < -0.4 is 21.7 Å². The third-order valence-electron chi connectivity index (χ3n) is 6.89. The monoisotopic (exact) mass is 587 g/mol. The van der Waals surface area contributed by atoms with Gasteiger partial charge in [0.05, 0.1) is 12.6 Å². The number of carboxylic acids is 1. The first kappa shape index (κ1) is 30.6. The van der Waals surface area contributed by atoms with Crippen LogP contribution in [0.25, 0.3) is 10.9 Å². The van der Waals surface area contributed by atoms with E-state index >= 15 is 0 Å². The normalized spacial score (nSPS) is 13.0. The number of rotatable bonds is 13. The van der Waals surface area contributed by atoms with Gasteiger partial charge in [-0.05, 0) is 53.4 Å². The number of para-hydroxylation sites is 1. The number of phenolic OH excluding ortho intramolecular Hbond substituents is 2. The Morgan fingerprint density at radius 3 is 1.93 bits per heavy atom. The Kier molecular flexibility index (Phi) is 9.97. The summed E-state index contributed by atoms with van der Waals surface area (Å²) in [5.74, 6) is -3.21. The topological polar surface area (TPSA) is 207 Å². The molecular weight excluding hydrogens is 554 g/mol. The fraction of sp³-hybridized carbons (Fsp3) is 0.226. The number of amides is 3. The standard InChI is InChI=1S/C31H33N5O7/c32-24(15-20-16-33-25-4-2-1-3-23(20)25)29(40)36-26(13-18-5-9-21(37)10-6-18)30(41)34-17-28(39)35-27(31(42)43)14-19-7-11-22(38)12-8-19/h1-12,16,24,26-27,33,37-38H,13-15,17,32H2,(H,34,41)(H,35,39)(H,36,40)(H,42,43). The van der Waals surface area contributed by atoms with Crippen LogP contribution in [0, 0.1) is 0 Å². The second kappa shape index (κ2) is 14.0. The number of fused-ring (bicyclic) bond motifs is 1. The van der Waals surface area contributed by atoms with Gasteiger partial charge in [-0.1, -0.05) is 42.5 Å². The number of nitrogens with two attached hydrogens (primary N) is 1. The summed E-state index contributed by atoms with van der Waals surface area (Å²) in [5.41, 5.74) is 9.17. The fourth-order valence-corrected chi connectivity index (χ4v) is 4.59. The molecule has 3 amide bonds. The molecule has 0 aliphatic heterocycles. The van der Waals surface area contributed by atoms with Crippen LogP contribution >= 0.6 is 0 Å². The third kappa shape index (κ3) is 8.57. The lowest BCUT2D eigenvalue weighted by atomic mass is 10.0. The van der Waals surface area contributed by atoms with Crippen molar-refractivity contribution in [3.63, 3.8) is 0 Å². The highest BCUT2D eigenvalue weighted by molar-refractivity contribution is 5.93. The highest BCUT2D eigenvalue weighted by Gasteiger charge is 2.26. The molecule has 224 valence electrons. The lowest BCUT2D eigenvalue weighted by molar-refractivity contribution is -0.141. The summed E-state index contributed by atoms with van der Waals surface area (Å²) in [6, 6.07) is 16.2. The molecule has 3 atom stereocenters. The van der Waals surface area contributed by atoms with Crippen molar-refractivity contribution >= 4 is 34.6 Å². The molecule has 1 heterocycles. The minimum Gasteiger partial charge on any atom is -0.508 e. The lowest BCUT2D eigenvalue weighted by Crippen LogP contribution is -2.54. The van der Waals surface area contributed by atoms with Crippen LogP contribution in [-0.2, 0) is 38.4 Å². The Balaban J connectivity index is 1.39. The molecule has 0 aliphatic rings. The van der Waals surface area contributed by atoms with Crippen molar-refractivity contribution < 1.29 is 34.5 Å². The van der Waals surface area contributed by atoms with E-state index < -0.39 is 48.4 Å². The summed E-state index contributed by atoms with van der Waals surface area (Å²) in [4.78, 5) is 53.7. The van der Waals surface area contributed by atoms with Crippen LogP contribution in [-0.4, -0.2) is 68.7 Å². The maximum Gasteiger partial charge on any atom is 0.326 e. The smallest absolute Gasteiger partial charge is 0.326 e. The summed E-state index contributed by atoms with van der Waals surface area (Å²) >= 11 is 0. The van der Waals surface area contributed by atoms with E-state index in [1.807, 2.05) is 24.3 Å². The number of H-pyrrole nitrogens is 1. The van der Waals surface area contributed by atoms with E-state index in [4.69, 9.17) is 5.73 Å². The molecule has 3 aromatic carbocycles. The Morgan fingerprint density at radius 1 is 0.744 bits per heavy atom. The number of aromatic amines is 1. The molecule has 12 heteroatoms. The zero-order valence-electron chi connectivity index (χ0n) is 23.1. The van der Waals surface area contributed by atoms with Crippen molar-refractivity contribution in [2.24, 2.45) is 5.73 Å². The van der Waals surface area contributed by atoms with Gasteiger partial charge >= 0.3 is 5.97 Å². The van der Waals surface area contributed by atoms with E-state index in [1.54, 1.807) is 30.5 Å². The average Bonchev–Trinajstić information content (AvgIpc) is 3.39. The lowest BCUT2D eigenvalue weighted by Gasteiger charge is -2.21. The highest BCUT2D eigenvalue weighted by atomic mass is 16.4. The molecule has 9 N–H and O–H groups in total. The first-order chi connectivity index (χ1) is 20.6. The number of phenols is 2. The molecule has 43 heavy (non-hydrogen) atoms. The molecule has 0 spiro atoms. The molecule has 4 rings (SSSR count). The molecule has 0 fully saturated rings. The van der Waals surface area contributed by atoms with Crippen molar-refractivity contribution in [2.75, 3.05) is 6.54 Å². The van der Waals surface area contributed by atoms with Crippen LogP contribution in [0.5, 0.6) is 11.5 Å². The Hall–Kier alpha value is -5.36. The summed E-state index contributed by atoms with van der Waals surface area (Å²) in [6.07, 6.45) is 1.99. The van der Waals surface area contributed by atoms with Gasteiger partial charge in [-0.15, -0.1) is 0 Å². The van der Waals surface area contributed by atoms with E-state index in [1.165, 1.54) is 24.3 Å². The summed E-state index contributed by atoms with van der Waals surface area (Å²) in [7, 11) is 0. The quantitative estimate of drug-likeness (QED) is 0.113. The van der Waals surface area contributed by atoms with Crippen molar-refractivity contribution in [2.45, 2.75) is 37.4 Å². The molecule has 3 unspecified atom stereocenters. The van der Waals surface area contributed by atoms with E-state index in [9.17, 15) is 34.5 Å². The van der Waals surface area contributed by atoms with Gasteiger partial charge in [0.15, 0.2) is 0 Å². The number of carbonyl (C=O) groups excluding carboxylic acids is 3. The van der Waals surface area contributed by atoms with Gasteiger partial charge in [-0.25, -0.2) is 4.79 Å². The second-order valence-electron chi connectivity index (χ2n) is 10.1. The molecule has 1 aromatic heterocycles. The zero-order valence-corrected chi connectivity index (χ0v) is 23.1. The van der Waals surface area contributed by atoms with Gasteiger partial charge in [-0.2, -0.15) is 0 Å². The average molecular weight is 588 g/mol. The molecule has 0 bridgehead atoms. The van der Waals surface area contributed by atoms with Gasteiger partial charge in [-0.3, -0.25) is 14.4 Å². The number of aromatic hydroxyl groups is 2. The van der Waals surface area contributed by atoms with Crippen LogP contribution in [0.4, 0.5) is 0 Å². The second-order valence-corrected chi connectivity index (χ2v) is 10.1. The molecule has 0 aliphatic carbocycles. The minimum absolute atomic E-state index is 0.0234. The predicted octanol–water partition coefficient (Wildman–Crippen LogP) is 1.10. The largest absolute Gasteiger partial charge is 0.508 e. The fourth-order valence-electron chi connectivity index (χ4n) is 4.59. The van der Waals surface area contributed by atoms with Gasteiger partial charge in [0.25, 0.3) is 0 Å². The predicted molar refractivity (Wildman–Crippen MR) is 158 cm³/mol. The number of carboxylic acid groups (broad SMARTS) is 1. The molecule has 0 saturated carbocycles. The Morgan fingerprint density at radius 2 is 1.33 bits per heavy atom. The highest BCUT2D eigenvalue weighted by Crippen LogP contribution is 2.19. The number of hydrogen-bond acceptors (Lipinski definition) is 7. The van der Waals surface area contributed by atoms with E-state index in [0.29, 0.717) is 11.1 Å². The van der Waals surface area contributed by atoms with Gasteiger partial charge < -0.3 is 42.0 Å². The van der Waals surface area contributed by atoms with Gasteiger partial charge in [0, 0.05) is 29.9 Å². The number of nitrogens with one attached hydrogen (secondary N) is 4. The maximum atomic E-state index is 13.2. The van der Waals surface area contributed by atoms with E-state index in [0.717, 1.165) is 16.5 Å². The van der Waals surface area contributed by atoms with Crippen molar-refractivity contribution in [3.8, 4) is 11.5 Å². The summed E-state index contributed by atoms with van der Waals surface area (Å²) < 4.78 is 0. The molecule has 0 saturated heterocycles. The Labute approximate surface area is 246 Å². The molecule has 4 aromatic rings. The maximum absolute atomic E-state index is 13.2. The number of aromatic nitrogens is 1. The van der Waals surface area contributed by atoms with Crippen molar-refractivity contribution in [3.05, 3.63) is 95.7 Å². The molecule has 0 radical (unpaired) electrons. The molecular formula is C31H33N5O7. The molecule has 12 nitrogen and oxygen atoms in total. The number of carbonyl (C=O) groups is 4. The summed E-state index contributed by atoms with van der Waals surface area (Å²) in [5, 5.41) is 37.0. The third-order valence-corrected chi connectivity index (χ3v) is 6.89. The van der Waals surface area contributed by atoms with Crippen molar-refractivity contribution in [1.29, 1.82) is 0 Å². The number of benzene rings is 3. The minimum atomic E-state index is -1.27. The van der Waals surface area contributed by atoms with E-state index in [-0.39, 0.29) is 30.8 Å². The SMILES string of the molecule is NC(Cc1c[nH]c2ccccc12)C(=O)NC(Cc1ccc(O)cc1)C(=O)NCC(=O)NC(Cc1ccc(O)cc1)C(=O)O. The van der Waals surface area contributed by atoms with Crippen molar-refractivity contribution in [1.82, 2.24) is 20.9 Å². The van der Waals surface area contributed by atoms with Crippen LogP contribution in [0.3, 0.4) is 0 Å². The zero-order chi connectivity index (χ0) is 30.9. The van der Waals surface area contributed by atoms with E-state index in [2.05, 4.69) is 20.9 Å². The number of aliphatic carboxylic acids is 1. The Bertz CT molecular complexity index is 1580. The first-order valence-corrected chi connectivity index (χ1v) is 13.6. The van der Waals surface area contributed by atoms with Crippen LogP contribution in [0.15, 0.2) is 79.0 Å². The first-order valence-electron chi connectivity index (χ1n) is 13.6. The van der Waals surface area contributed by atoms with Crippen LogP contribution in [0.2, 0.25) is 0 Å². The van der Waals surface area contributed by atoms with Gasteiger partial charge in [0.1, 0.15) is 23.6 Å². The van der Waals surface area contributed by atoms with Gasteiger partial charge in [0.2, 0.25) is 17.7 Å². The summed E-state index contributed by atoms with van der Waals surface area (Å²) in [6.45, 7) is -0.540. The van der Waals surface area contributed by atoms with Crippen LogP contribution in [0.1, 0.15) is 16.7 Å².